The van der Waals surface area contributed by atoms with Crippen LogP contribution in [0.15, 0.2) is 53.4 Å². The van der Waals surface area contributed by atoms with E-state index in [-0.39, 0.29) is 16.8 Å². The summed E-state index contributed by atoms with van der Waals surface area (Å²) in [6, 6.07) is 13.2. The molecule has 7 heteroatoms. The zero-order chi connectivity index (χ0) is 21.6. The summed E-state index contributed by atoms with van der Waals surface area (Å²) in [6.45, 7) is 0. The van der Waals surface area contributed by atoms with E-state index in [1.54, 1.807) is 36.4 Å². The third-order valence-corrected chi connectivity index (χ3v) is 8.68. The molecular weight excluding hydrogens is 412 g/mol. The van der Waals surface area contributed by atoms with Gasteiger partial charge in [-0.1, -0.05) is 12.1 Å². The third kappa shape index (κ3) is 3.91. The Balaban J connectivity index is 1.28. The second kappa shape index (κ2) is 7.86. The van der Waals surface area contributed by atoms with Crippen molar-refractivity contribution in [1.82, 2.24) is 5.32 Å². The Morgan fingerprint density at radius 3 is 2.13 bits per heavy atom. The van der Waals surface area contributed by atoms with Crippen LogP contribution in [0, 0.1) is 23.7 Å². The van der Waals surface area contributed by atoms with Gasteiger partial charge in [-0.2, -0.15) is 0 Å². The van der Waals surface area contributed by atoms with Gasteiger partial charge in [-0.25, -0.2) is 8.42 Å². The zero-order valence-electron chi connectivity index (χ0n) is 17.6. The smallest absolute Gasteiger partial charge is 0.262 e. The minimum atomic E-state index is -3.79. The normalized spacial score (nSPS) is 28.9. The lowest BCUT2D eigenvalue weighted by atomic mass is 9.54. The number of amides is 1. The van der Waals surface area contributed by atoms with Crippen LogP contribution < -0.4 is 14.8 Å². The van der Waals surface area contributed by atoms with Crippen molar-refractivity contribution in [3.63, 3.8) is 0 Å². The maximum absolute atomic E-state index is 12.9. The Morgan fingerprint density at radius 2 is 1.52 bits per heavy atom. The third-order valence-electron chi connectivity index (χ3n) is 7.30. The summed E-state index contributed by atoms with van der Waals surface area (Å²) in [4.78, 5) is 13.0. The zero-order valence-corrected chi connectivity index (χ0v) is 18.4. The fraction of sp³-hybridized carbons (Fsp3) is 0.458. The molecule has 2 N–H and O–H groups in total. The minimum absolute atomic E-state index is 0.101. The number of para-hydroxylation sites is 2. The molecule has 0 unspecified atom stereocenters. The maximum atomic E-state index is 12.9. The van der Waals surface area contributed by atoms with E-state index in [4.69, 9.17) is 4.74 Å². The highest BCUT2D eigenvalue weighted by Crippen LogP contribution is 2.53. The molecule has 0 aliphatic heterocycles. The summed E-state index contributed by atoms with van der Waals surface area (Å²) >= 11 is 0. The van der Waals surface area contributed by atoms with Crippen molar-refractivity contribution in [1.29, 1.82) is 0 Å². The molecule has 31 heavy (non-hydrogen) atoms. The monoisotopic (exact) mass is 440 g/mol. The van der Waals surface area contributed by atoms with Crippen LogP contribution in [-0.2, 0) is 10.0 Å². The van der Waals surface area contributed by atoms with Gasteiger partial charge >= 0.3 is 0 Å². The van der Waals surface area contributed by atoms with Crippen LogP contribution in [0.1, 0.15) is 42.5 Å². The molecule has 0 heterocycles. The van der Waals surface area contributed by atoms with Crippen molar-refractivity contribution in [2.24, 2.45) is 23.7 Å². The van der Waals surface area contributed by atoms with E-state index in [0.29, 0.717) is 28.8 Å². The molecule has 0 atom stereocenters. The number of carbonyl (C=O) groups excluding carboxylic acids is 1. The average molecular weight is 441 g/mol. The quantitative estimate of drug-likeness (QED) is 0.710. The predicted octanol–water partition coefficient (Wildman–Crippen LogP) is 4.05. The number of benzene rings is 2. The second-order valence-electron chi connectivity index (χ2n) is 9.26. The van der Waals surface area contributed by atoms with Gasteiger partial charge in [0.2, 0.25) is 0 Å². The van der Waals surface area contributed by atoms with E-state index in [1.807, 2.05) is 0 Å². The van der Waals surface area contributed by atoms with Gasteiger partial charge < -0.3 is 10.1 Å². The van der Waals surface area contributed by atoms with Gasteiger partial charge in [0.15, 0.2) is 0 Å². The van der Waals surface area contributed by atoms with Crippen molar-refractivity contribution in [3.05, 3.63) is 54.1 Å². The van der Waals surface area contributed by atoms with Crippen LogP contribution >= 0.6 is 0 Å². The first-order valence-electron chi connectivity index (χ1n) is 11.0. The van der Waals surface area contributed by atoms with E-state index >= 15 is 0 Å². The molecule has 4 fully saturated rings. The number of carbonyl (C=O) groups is 1. The number of nitrogens with one attached hydrogen (secondary N) is 2. The molecule has 4 saturated carbocycles. The molecule has 2 aromatic carbocycles. The van der Waals surface area contributed by atoms with Crippen molar-refractivity contribution >= 4 is 21.6 Å². The first-order valence-corrected chi connectivity index (χ1v) is 12.5. The first-order chi connectivity index (χ1) is 14.9. The molecule has 4 bridgehead atoms. The number of sulfonamides is 1. The first kappa shape index (κ1) is 20.4. The number of methoxy groups -OCH3 is 1. The molecule has 0 aromatic heterocycles. The SMILES string of the molecule is COc1ccccc1NS(=O)(=O)c1ccc(C(=O)NC2C3CC4CC(C3)CC2C4)cc1. The topological polar surface area (TPSA) is 84.5 Å². The molecule has 0 radical (unpaired) electrons. The van der Waals surface area contributed by atoms with E-state index in [2.05, 4.69) is 10.0 Å². The maximum Gasteiger partial charge on any atom is 0.262 e. The van der Waals surface area contributed by atoms with Gasteiger partial charge in [-0.15, -0.1) is 0 Å². The fourth-order valence-corrected chi connectivity index (χ4v) is 7.18. The lowest BCUT2D eigenvalue weighted by molar-refractivity contribution is -0.0119. The van der Waals surface area contributed by atoms with E-state index in [0.717, 1.165) is 11.8 Å². The van der Waals surface area contributed by atoms with Gasteiger partial charge in [0.05, 0.1) is 17.7 Å². The van der Waals surface area contributed by atoms with Crippen LogP contribution in [0.25, 0.3) is 0 Å². The number of hydrogen-bond acceptors (Lipinski definition) is 4. The molecule has 4 aliphatic rings. The summed E-state index contributed by atoms with van der Waals surface area (Å²) in [5, 5.41) is 3.27. The molecule has 6 nitrogen and oxygen atoms in total. The molecule has 0 spiro atoms. The summed E-state index contributed by atoms with van der Waals surface area (Å²) in [7, 11) is -2.30. The Hall–Kier alpha value is -2.54. The second-order valence-corrected chi connectivity index (χ2v) is 10.9. The van der Waals surface area contributed by atoms with Crippen LogP contribution in [0.2, 0.25) is 0 Å². The lowest BCUT2D eigenvalue weighted by Crippen LogP contribution is -2.55. The highest BCUT2D eigenvalue weighted by molar-refractivity contribution is 7.92. The molecule has 6 rings (SSSR count). The largest absolute Gasteiger partial charge is 0.495 e. The van der Waals surface area contributed by atoms with Gasteiger partial charge in [0, 0.05) is 11.6 Å². The molecule has 2 aromatic rings. The van der Waals surface area contributed by atoms with Gasteiger partial charge in [0.25, 0.3) is 15.9 Å². The fourth-order valence-electron chi connectivity index (χ4n) is 6.11. The minimum Gasteiger partial charge on any atom is -0.495 e. The average Bonchev–Trinajstić information content (AvgIpc) is 2.76. The number of hydrogen-bond donors (Lipinski definition) is 2. The van der Waals surface area contributed by atoms with Crippen molar-refractivity contribution in [3.8, 4) is 5.75 Å². The van der Waals surface area contributed by atoms with Gasteiger partial charge in [0.1, 0.15) is 5.75 Å². The number of ether oxygens (including phenoxy) is 1. The van der Waals surface area contributed by atoms with Crippen molar-refractivity contribution in [2.75, 3.05) is 11.8 Å². The van der Waals surface area contributed by atoms with Crippen LogP contribution in [0.4, 0.5) is 5.69 Å². The molecule has 0 saturated heterocycles. The number of rotatable bonds is 6. The van der Waals surface area contributed by atoms with Gasteiger partial charge in [-0.05, 0) is 92.2 Å². The highest BCUT2D eigenvalue weighted by Gasteiger charge is 2.48. The number of anilines is 1. The van der Waals surface area contributed by atoms with Crippen LogP contribution in [0.5, 0.6) is 5.75 Å². The standard InChI is InChI=1S/C24H28N2O4S/c1-30-22-5-3-2-4-21(22)26-31(28,29)20-8-6-17(7-9-20)24(27)25-23-18-11-15-10-16(13-18)14-19(23)12-15/h2-9,15-16,18-19,23,26H,10-14H2,1H3,(H,25,27). The van der Waals surface area contributed by atoms with Gasteiger partial charge in [-0.3, -0.25) is 9.52 Å². The van der Waals surface area contributed by atoms with Crippen LogP contribution in [-0.4, -0.2) is 27.5 Å². The van der Waals surface area contributed by atoms with Crippen LogP contribution in [0.3, 0.4) is 0 Å². The summed E-state index contributed by atoms with van der Waals surface area (Å²) in [5.41, 5.74) is 0.860. The van der Waals surface area contributed by atoms with E-state index in [9.17, 15) is 13.2 Å². The summed E-state index contributed by atoms with van der Waals surface area (Å²) < 4.78 is 33.3. The highest BCUT2D eigenvalue weighted by atomic mass is 32.2. The summed E-state index contributed by atoms with van der Waals surface area (Å²) in [5.74, 6) is 3.25. The van der Waals surface area contributed by atoms with Crippen molar-refractivity contribution in [2.45, 2.75) is 43.0 Å². The Morgan fingerprint density at radius 1 is 0.903 bits per heavy atom. The molecular formula is C24H28N2O4S. The van der Waals surface area contributed by atoms with E-state index in [1.165, 1.54) is 51.3 Å². The Labute approximate surface area is 183 Å². The van der Waals surface area contributed by atoms with E-state index < -0.39 is 10.0 Å². The lowest BCUT2D eigenvalue weighted by Gasteiger charge is -2.54. The molecule has 164 valence electrons. The Bertz CT molecular complexity index is 1050. The predicted molar refractivity (Wildman–Crippen MR) is 119 cm³/mol. The Kier molecular flexibility index (Phi) is 5.16. The van der Waals surface area contributed by atoms with Crippen molar-refractivity contribution < 1.29 is 17.9 Å². The molecule has 4 aliphatic carbocycles. The molecule has 1 amide bonds. The summed E-state index contributed by atoms with van der Waals surface area (Å²) in [6.07, 6.45) is 6.34.